The molecule has 2 aromatic heterocycles. The van der Waals surface area contributed by atoms with Gasteiger partial charge in [0.15, 0.2) is 0 Å². The molecule has 0 saturated carbocycles. The number of imidazole rings is 1. The minimum atomic E-state index is -0.277. The normalized spacial score (nSPS) is 17.4. The van der Waals surface area contributed by atoms with Crippen molar-refractivity contribution in [1.29, 1.82) is 0 Å². The summed E-state index contributed by atoms with van der Waals surface area (Å²) in [5, 5.41) is 5.68. The van der Waals surface area contributed by atoms with Gasteiger partial charge in [-0.1, -0.05) is 70.2 Å². The fraction of sp³-hybridized carbons (Fsp3) is 0.471. The number of rotatable bonds is 14. The van der Waals surface area contributed by atoms with E-state index in [9.17, 15) is 4.79 Å². The van der Waals surface area contributed by atoms with Crippen molar-refractivity contribution in [2.24, 2.45) is 5.92 Å². The fourth-order valence-electron chi connectivity index (χ4n) is 5.82. The van der Waals surface area contributed by atoms with E-state index in [1.807, 2.05) is 30.1 Å². The van der Waals surface area contributed by atoms with Crippen molar-refractivity contribution in [3.05, 3.63) is 87.9 Å². The number of carbonyl (C=O) groups excluding carboxylic acids is 1. The van der Waals surface area contributed by atoms with E-state index in [1.165, 1.54) is 16.0 Å². The zero-order valence-corrected chi connectivity index (χ0v) is 25.9. The predicted octanol–water partition coefficient (Wildman–Crippen LogP) is 7.15. The van der Waals surface area contributed by atoms with Gasteiger partial charge in [-0.15, -0.1) is 11.3 Å². The van der Waals surface area contributed by atoms with Gasteiger partial charge in [0.2, 0.25) is 5.91 Å². The molecule has 0 spiro atoms. The lowest BCUT2D eigenvalue weighted by Gasteiger charge is -2.25. The second kappa shape index (κ2) is 13.3. The van der Waals surface area contributed by atoms with Gasteiger partial charge < -0.3 is 14.2 Å². The van der Waals surface area contributed by atoms with Crippen LogP contribution >= 0.6 is 11.3 Å². The molecule has 3 atom stereocenters. The molecule has 41 heavy (non-hydrogen) atoms. The van der Waals surface area contributed by atoms with Gasteiger partial charge in [0, 0.05) is 30.9 Å². The van der Waals surface area contributed by atoms with Gasteiger partial charge in [0.05, 0.1) is 17.1 Å². The largest absolute Gasteiger partial charge is 0.348 e. The Balaban J connectivity index is 1.29. The SMILES string of the molecule is CCC(CC)n1c(Cc2cccs2)nc2cc(C3OC3N[C@@H](CC(C)C)C(=O)N(C)CCc3ccccc3)ccc21. The molecule has 1 saturated heterocycles. The van der Waals surface area contributed by atoms with Crippen LogP contribution in [0.3, 0.4) is 0 Å². The summed E-state index contributed by atoms with van der Waals surface area (Å²) in [7, 11) is 1.91. The zero-order chi connectivity index (χ0) is 28.9. The van der Waals surface area contributed by atoms with E-state index >= 15 is 0 Å². The second-order valence-electron chi connectivity index (χ2n) is 11.7. The molecule has 2 aromatic carbocycles. The third-order valence-electron chi connectivity index (χ3n) is 8.15. The number of epoxide rings is 1. The van der Waals surface area contributed by atoms with Gasteiger partial charge >= 0.3 is 0 Å². The summed E-state index contributed by atoms with van der Waals surface area (Å²) >= 11 is 1.78. The first-order chi connectivity index (χ1) is 19.9. The highest BCUT2D eigenvalue weighted by molar-refractivity contribution is 7.09. The maximum atomic E-state index is 13.5. The van der Waals surface area contributed by atoms with E-state index < -0.39 is 0 Å². The van der Waals surface area contributed by atoms with E-state index in [2.05, 4.69) is 85.4 Å². The molecule has 3 heterocycles. The molecule has 5 rings (SSSR count). The van der Waals surface area contributed by atoms with Crippen molar-refractivity contribution in [3.8, 4) is 0 Å². The van der Waals surface area contributed by atoms with Gasteiger partial charge in [-0.2, -0.15) is 0 Å². The molecular formula is C34H44N4O2S. The predicted molar refractivity (Wildman–Crippen MR) is 168 cm³/mol. The van der Waals surface area contributed by atoms with Crippen molar-refractivity contribution in [1.82, 2.24) is 19.8 Å². The van der Waals surface area contributed by atoms with Gasteiger partial charge in [0.1, 0.15) is 18.2 Å². The summed E-state index contributed by atoms with van der Waals surface area (Å²) in [6, 6.07) is 21.4. The highest BCUT2D eigenvalue weighted by atomic mass is 32.1. The van der Waals surface area contributed by atoms with Crippen molar-refractivity contribution < 1.29 is 9.53 Å². The third kappa shape index (κ3) is 7.08. The summed E-state index contributed by atoms with van der Waals surface area (Å²) in [6.45, 7) is 9.53. The molecule has 1 N–H and O–H groups in total. The monoisotopic (exact) mass is 572 g/mol. The van der Waals surface area contributed by atoms with Crippen molar-refractivity contribution in [2.45, 2.75) is 84.2 Å². The van der Waals surface area contributed by atoms with Gasteiger partial charge in [-0.05, 0) is 66.3 Å². The number of thiophene rings is 1. The van der Waals surface area contributed by atoms with Crippen molar-refractivity contribution in [3.63, 3.8) is 0 Å². The molecule has 1 fully saturated rings. The third-order valence-corrected chi connectivity index (χ3v) is 9.03. The number of hydrogen-bond donors (Lipinski definition) is 1. The summed E-state index contributed by atoms with van der Waals surface area (Å²) in [5.74, 6) is 1.64. The average molecular weight is 573 g/mol. The second-order valence-corrected chi connectivity index (χ2v) is 12.7. The number of aromatic nitrogens is 2. The molecule has 1 amide bonds. The smallest absolute Gasteiger partial charge is 0.239 e. The molecule has 0 aliphatic carbocycles. The van der Waals surface area contributed by atoms with Crippen LogP contribution < -0.4 is 5.32 Å². The number of nitrogens with zero attached hydrogens (tertiary/aromatic N) is 3. The molecule has 0 radical (unpaired) electrons. The van der Waals surface area contributed by atoms with Gasteiger partial charge in [-0.3, -0.25) is 10.1 Å². The average Bonchev–Trinajstić information content (AvgIpc) is 3.37. The van der Waals surface area contributed by atoms with E-state index in [1.54, 1.807) is 11.3 Å². The van der Waals surface area contributed by atoms with E-state index in [4.69, 9.17) is 9.72 Å². The van der Waals surface area contributed by atoms with Gasteiger partial charge in [0.25, 0.3) is 0 Å². The van der Waals surface area contributed by atoms with Gasteiger partial charge in [-0.25, -0.2) is 4.98 Å². The number of likely N-dealkylation sites (N-methyl/N-ethyl adjacent to an activating group) is 1. The Morgan fingerprint density at radius 2 is 1.88 bits per heavy atom. The Kier molecular flexibility index (Phi) is 9.58. The lowest BCUT2D eigenvalue weighted by atomic mass is 10.0. The van der Waals surface area contributed by atoms with Crippen LogP contribution in [0.5, 0.6) is 0 Å². The minimum Gasteiger partial charge on any atom is -0.348 e. The number of benzene rings is 2. The first-order valence-corrected chi connectivity index (χ1v) is 16.0. The maximum Gasteiger partial charge on any atom is 0.239 e. The summed E-state index contributed by atoms with van der Waals surface area (Å²) in [6.07, 6.45) is 4.36. The van der Waals surface area contributed by atoms with Crippen LogP contribution in [0, 0.1) is 5.92 Å². The maximum absolute atomic E-state index is 13.5. The molecule has 218 valence electrons. The highest BCUT2D eigenvalue weighted by Gasteiger charge is 2.43. The number of fused-ring (bicyclic) bond motifs is 1. The van der Waals surface area contributed by atoms with E-state index in [-0.39, 0.29) is 24.3 Å². The van der Waals surface area contributed by atoms with E-state index in [0.717, 1.165) is 49.0 Å². The fourth-order valence-corrected chi connectivity index (χ4v) is 6.52. The van der Waals surface area contributed by atoms with Crippen LogP contribution in [0.2, 0.25) is 0 Å². The quantitative estimate of drug-likeness (QED) is 0.163. The van der Waals surface area contributed by atoms with Crippen molar-refractivity contribution in [2.75, 3.05) is 13.6 Å². The first kappa shape index (κ1) is 29.5. The Morgan fingerprint density at radius 3 is 2.56 bits per heavy atom. The van der Waals surface area contributed by atoms with Crippen LogP contribution in [0.1, 0.15) is 80.9 Å². The number of hydrogen-bond acceptors (Lipinski definition) is 5. The van der Waals surface area contributed by atoms with Crippen LogP contribution in [-0.2, 0) is 22.4 Å². The molecule has 2 unspecified atom stereocenters. The topological polar surface area (TPSA) is 62.7 Å². The summed E-state index contributed by atoms with van der Waals surface area (Å²) in [5.41, 5.74) is 4.56. The molecule has 6 nitrogen and oxygen atoms in total. The Morgan fingerprint density at radius 1 is 1.10 bits per heavy atom. The van der Waals surface area contributed by atoms with Crippen LogP contribution in [0.25, 0.3) is 11.0 Å². The molecule has 1 aliphatic heterocycles. The Bertz CT molecular complexity index is 1410. The molecule has 4 aromatic rings. The lowest BCUT2D eigenvalue weighted by molar-refractivity contribution is -0.132. The van der Waals surface area contributed by atoms with Crippen LogP contribution in [-0.4, -0.2) is 46.2 Å². The standard InChI is InChI=1S/C34H44N4O2S/c1-6-26(7-2)38-30-16-15-25(21-28(30)35-31(38)22-27-14-11-19-41-27)32-33(40-32)36-29(20-23(3)4)34(39)37(5)18-17-24-12-9-8-10-13-24/h8-16,19,21,23,26,29,32-33,36H,6-7,17-18,20,22H2,1-5H3/t29-,32?,33?/m0/s1. The lowest BCUT2D eigenvalue weighted by Crippen LogP contribution is -2.47. The molecular weight excluding hydrogens is 528 g/mol. The highest BCUT2D eigenvalue weighted by Crippen LogP contribution is 2.39. The molecule has 1 aliphatic rings. The zero-order valence-electron chi connectivity index (χ0n) is 25.0. The Hall–Kier alpha value is -3.00. The Labute approximate surface area is 248 Å². The number of amides is 1. The first-order valence-electron chi connectivity index (χ1n) is 15.1. The number of carbonyl (C=O) groups is 1. The minimum absolute atomic E-state index is 0.0736. The van der Waals surface area contributed by atoms with E-state index in [0.29, 0.717) is 18.5 Å². The molecule has 7 heteroatoms. The number of ether oxygens (including phenoxy) is 1. The number of nitrogens with one attached hydrogen (secondary N) is 1. The van der Waals surface area contributed by atoms with Crippen LogP contribution in [0.15, 0.2) is 66.0 Å². The summed E-state index contributed by atoms with van der Waals surface area (Å²) < 4.78 is 8.57. The van der Waals surface area contributed by atoms with Crippen molar-refractivity contribution >= 4 is 28.3 Å². The molecule has 0 bridgehead atoms. The summed E-state index contributed by atoms with van der Waals surface area (Å²) in [4.78, 5) is 21.8. The van der Waals surface area contributed by atoms with Crippen LogP contribution in [0.4, 0.5) is 0 Å².